The fourth-order valence-electron chi connectivity index (χ4n) is 4.03. The maximum absolute atomic E-state index is 6.06. The first kappa shape index (κ1) is 25.6. The Labute approximate surface area is 203 Å². The number of aryl methyl sites for hydroxylation is 1. The van der Waals surface area contributed by atoms with Gasteiger partial charge in [-0.3, -0.25) is 0 Å². The second kappa shape index (κ2) is 13.7. The van der Waals surface area contributed by atoms with Crippen LogP contribution < -0.4 is 10.6 Å². The molecule has 1 aliphatic carbocycles. The molecule has 1 saturated carbocycles. The zero-order chi connectivity index (χ0) is 21.2. The number of halogens is 1. The van der Waals surface area contributed by atoms with Crippen molar-refractivity contribution in [2.75, 3.05) is 13.2 Å². The summed E-state index contributed by atoms with van der Waals surface area (Å²) < 4.78 is 8.06. The molecule has 172 valence electrons. The lowest BCUT2D eigenvalue weighted by atomic mass is 9.98. The number of rotatable bonds is 10. The Hall–Kier alpha value is -1.68. The molecule has 1 heterocycles. The Balaban J connectivity index is 0.00000341. The van der Waals surface area contributed by atoms with Gasteiger partial charge in [-0.2, -0.15) is 0 Å². The van der Waals surface area contributed by atoms with Gasteiger partial charge in [-0.1, -0.05) is 43.2 Å². The number of benzene rings is 1. The quantitative estimate of drug-likeness (QED) is 0.271. The van der Waals surface area contributed by atoms with Crippen LogP contribution in [0.15, 0.2) is 35.3 Å². The Morgan fingerprint density at radius 2 is 1.94 bits per heavy atom. The van der Waals surface area contributed by atoms with Crippen LogP contribution in [0.3, 0.4) is 0 Å². The summed E-state index contributed by atoms with van der Waals surface area (Å²) >= 11 is 0. The molecule has 1 aliphatic rings. The average molecular weight is 540 g/mol. The fourth-order valence-corrected chi connectivity index (χ4v) is 4.03. The monoisotopic (exact) mass is 540 g/mol. The van der Waals surface area contributed by atoms with Gasteiger partial charge in [0.15, 0.2) is 11.8 Å². The highest BCUT2D eigenvalue weighted by molar-refractivity contribution is 14.0. The van der Waals surface area contributed by atoms with Crippen LogP contribution in [0.5, 0.6) is 0 Å². The number of aromatic nitrogens is 3. The number of hydrogen-bond acceptors (Lipinski definition) is 4. The van der Waals surface area contributed by atoms with Crippen LogP contribution in [-0.2, 0) is 24.9 Å². The second-order valence-corrected chi connectivity index (χ2v) is 7.98. The van der Waals surface area contributed by atoms with Crippen LogP contribution in [0.2, 0.25) is 0 Å². The van der Waals surface area contributed by atoms with Crippen molar-refractivity contribution in [1.82, 2.24) is 25.4 Å². The lowest BCUT2D eigenvalue weighted by Gasteiger charge is -2.24. The molecule has 7 nitrogen and oxygen atoms in total. The van der Waals surface area contributed by atoms with Crippen molar-refractivity contribution in [3.05, 3.63) is 47.5 Å². The average Bonchev–Trinajstić information content (AvgIpc) is 3.41. The maximum atomic E-state index is 6.06. The smallest absolute Gasteiger partial charge is 0.191 e. The first-order valence-corrected chi connectivity index (χ1v) is 11.2. The van der Waals surface area contributed by atoms with Crippen LogP contribution in [-0.4, -0.2) is 40.0 Å². The molecule has 2 N–H and O–H groups in total. The number of aliphatic imine (C=N–C) groups is 1. The zero-order valence-corrected chi connectivity index (χ0v) is 21.3. The normalized spacial score (nSPS) is 15.5. The van der Waals surface area contributed by atoms with Gasteiger partial charge >= 0.3 is 0 Å². The molecule has 0 aliphatic heterocycles. The van der Waals surface area contributed by atoms with Gasteiger partial charge in [-0.15, -0.1) is 34.2 Å². The van der Waals surface area contributed by atoms with Crippen LogP contribution in [0.25, 0.3) is 0 Å². The van der Waals surface area contributed by atoms with Gasteiger partial charge in [-0.05, 0) is 44.6 Å². The molecule has 1 unspecified atom stereocenters. The molecule has 1 aromatic carbocycles. The number of nitrogens with one attached hydrogen (secondary N) is 2. The molecule has 31 heavy (non-hydrogen) atoms. The van der Waals surface area contributed by atoms with Crippen molar-refractivity contribution in [3.63, 3.8) is 0 Å². The third-order valence-corrected chi connectivity index (χ3v) is 5.89. The molecule has 1 fully saturated rings. The molecule has 3 rings (SSSR count). The first-order valence-electron chi connectivity index (χ1n) is 11.2. The van der Waals surface area contributed by atoms with Gasteiger partial charge < -0.3 is 19.9 Å². The summed E-state index contributed by atoms with van der Waals surface area (Å²) in [7, 11) is 1.98. The Morgan fingerprint density at radius 1 is 1.19 bits per heavy atom. The predicted octanol–water partition coefficient (Wildman–Crippen LogP) is 3.96. The van der Waals surface area contributed by atoms with Crippen molar-refractivity contribution in [2.45, 2.75) is 65.1 Å². The molecule has 8 heteroatoms. The third kappa shape index (κ3) is 8.07. The van der Waals surface area contributed by atoms with Gasteiger partial charge in [0.25, 0.3) is 0 Å². The summed E-state index contributed by atoms with van der Waals surface area (Å²) in [4.78, 5) is 4.78. The summed E-state index contributed by atoms with van der Waals surface area (Å²) in [5.74, 6) is 3.28. The standard InChI is InChI=1S/C23H36N6O.HI/c1-4-30-21(20-12-8-9-13-20)14-15-24-23(25-16-19-10-6-5-7-11-19)26-17-22-28-27-18(2)29(22)3;/h5-7,10-11,20-21H,4,8-9,12-17H2,1-3H3,(H2,24,25,26);1H. The van der Waals surface area contributed by atoms with Gasteiger partial charge in [0.1, 0.15) is 5.82 Å². The summed E-state index contributed by atoms with van der Waals surface area (Å²) in [5, 5.41) is 15.3. The zero-order valence-electron chi connectivity index (χ0n) is 19.0. The van der Waals surface area contributed by atoms with Crippen LogP contribution in [0, 0.1) is 12.8 Å². The van der Waals surface area contributed by atoms with Crippen molar-refractivity contribution in [3.8, 4) is 0 Å². The van der Waals surface area contributed by atoms with E-state index in [0.717, 1.165) is 37.2 Å². The van der Waals surface area contributed by atoms with E-state index in [-0.39, 0.29) is 24.0 Å². The molecular formula is C23H37IN6O. The molecule has 1 aromatic heterocycles. The van der Waals surface area contributed by atoms with E-state index in [0.29, 0.717) is 25.1 Å². The number of ether oxygens (including phenoxy) is 1. The molecule has 0 saturated heterocycles. The molecule has 0 spiro atoms. The minimum Gasteiger partial charge on any atom is -0.378 e. The Bertz CT molecular complexity index is 789. The topological polar surface area (TPSA) is 76.4 Å². The molecule has 1 atom stereocenters. The molecule has 2 aromatic rings. The molecular weight excluding hydrogens is 503 g/mol. The van der Waals surface area contributed by atoms with Crippen molar-refractivity contribution in [2.24, 2.45) is 18.0 Å². The van der Waals surface area contributed by atoms with Crippen LogP contribution >= 0.6 is 24.0 Å². The number of hydrogen-bond donors (Lipinski definition) is 2. The van der Waals surface area contributed by atoms with Crippen LogP contribution in [0.1, 0.15) is 56.2 Å². The summed E-state index contributed by atoms with van der Waals surface area (Å²) in [6.07, 6.45) is 6.59. The summed E-state index contributed by atoms with van der Waals surface area (Å²) in [6, 6.07) is 10.3. The Kier molecular flexibility index (Phi) is 11.3. The van der Waals surface area contributed by atoms with Gasteiger partial charge in [0.05, 0.1) is 19.2 Å². The predicted molar refractivity (Wildman–Crippen MR) is 136 cm³/mol. The molecule has 0 amide bonds. The fraction of sp³-hybridized carbons (Fsp3) is 0.609. The minimum atomic E-state index is 0. The molecule has 0 bridgehead atoms. The van der Waals surface area contributed by atoms with E-state index in [1.165, 1.54) is 31.2 Å². The van der Waals surface area contributed by atoms with E-state index >= 15 is 0 Å². The minimum absolute atomic E-state index is 0. The summed E-state index contributed by atoms with van der Waals surface area (Å²) in [5.41, 5.74) is 1.19. The third-order valence-electron chi connectivity index (χ3n) is 5.89. The van der Waals surface area contributed by atoms with Crippen LogP contribution in [0.4, 0.5) is 0 Å². The lowest BCUT2D eigenvalue weighted by Crippen LogP contribution is -2.39. The van der Waals surface area contributed by atoms with Crippen molar-refractivity contribution >= 4 is 29.9 Å². The summed E-state index contributed by atoms with van der Waals surface area (Å²) in [6.45, 7) is 6.86. The van der Waals surface area contributed by atoms with E-state index < -0.39 is 0 Å². The van der Waals surface area contributed by atoms with Crippen molar-refractivity contribution in [1.29, 1.82) is 0 Å². The van der Waals surface area contributed by atoms with E-state index in [1.54, 1.807) is 0 Å². The van der Waals surface area contributed by atoms with Crippen molar-refractivity contribution < 1.29 is 4.74 Å². The van der Waals surface area contributed by atoms with E-state index in [2.05, 4.69) is 39.9 Å². The van der Waals surface area contributed by atoms with Gasteiger partial charge in [0.2, 0.25) is 0 Å². The molecule has 0 radical (unpaired) electrons. The van der Waals surface area contributed by atoms with Gasteiger partial charge in [-0.25, -0.2) is 4.99 Å². The highest BCUT2D eigenvalue weighted by Gasteiger charge is 2.25. The first-order chi connectivity index (χ1) is 14.7. The lowest BCUT2D eigenvalue weighted by molar-refractivity contribution is 0.0169. The Morgan fingerprint density at radius 3 is 2.58 bits per heavy atom. The highest BCUT2D eigenvalue weighted by atomic mass is 127. The largest absolute Gasteiger partial charge is 0.378 e. The highest BCUT2D eigenvalue weighted by Crippen LogP contribution is 2.30. The SMILES string of the molecule is CCOC(CCNC(=NCc1ccccc1)NCc1nnc(C)n1C)C1CCCC1.I. The number of nitrogens with zero attached hydrogens (tertiary/aromatic N) is 4. The van der Waals surface area contributed by atoms with Gasteiger partial charge in [0, 0.05) is 20.2 Å². The van der Waals surface area contributed by atoms with E-state index in [9.17, 15) is 0 Å². The number of guanidine groups is 1. The second-order valence-electron chi connectivity index (χ2n) is 7.98. The maximum Gasteiger partial charge on any atom is 0.191 e. The van der Waals surface area contributed by atoms with E-state index in [4.69, 9.17) is 9.73 Å². The van der Waals surface area contributed by atoms with E-state index in [1.807, 2.05) is 36.7 Å².